The molecule has 2 rings (SSSR count). The maximum absolute atomic E-state index is 12.5. The maximum Gasteiger partial charge on any atom is 0.240 e. The van der Waals surface area contributed by atoms with E-state index in [0.717, 1.165) is 45.4 Å². The minimum atomic E-state index is 0. The van der Waals surface area contributed by atoms with E-state index in [2.05, 4.69) is 25.7 Å². The van der Waals surface area contributed by atoms with Crippen molar-refractivity contribution in [1.82, 2.24) is 9.80 Å². The zero-order valence-corrected chi connectivity index (χ0v) is 13.2. The van der Waals surface area contributed by atoms with E-state index in [1.54, 1.807) is 0 Å². The van der Waals surface area contributed by atoms with Gasteiger partial charge in [0.15, 0.2) is 0 Å². The number of nitrogens with zero attached hydrogens (tertiary/aromatic N) is 2. The Morgan fingerprint density at radius 3 is 2.63 bits per heavy atom. The molecule has 5 heteroatoms. The number of rotatable bonds is 3. The molecular formula is C14H28ClN3O. The third kappa shape index (κ3) is 3.41. The summed E-state index contributed by atoms with van der Waals surface area (Å²) >= 11 is 0. The molecule has 2 unspecified atom stereocenters. The molecule has 2 heterocycles. The number of halogens is 1. The summed E-state index contributed by atoms with van der Waals surface area (Å²) in [5.41, 5.74) is 6.06. The number of amides is 1. The van der Waals surface area contributed by atoms with E-state index in [1.165, 1.54) is 0 Å². The highest BCUT2D eigenvalue weighted by Crippen LogP contribution is 2.32. The van der Waals surface area contributed by atoms with Crippen LogP contribution in [0.4, 0.5) is 0 Å². The van der Waals surface area contributed by atoms with Crippen molar-refractivity contribution < 1.29 is 4.79 Å². The topological polar surface area (TPSA) is 49.6 Å². The summed E-state index contributed by atoms with van der Waals surface area (Å²) in [5.74, 6) is 0.331. The van der Waals surface area contributed by atoms with Crippen LogP contribution < -0.4 is 5.73 Å². The molecule has 0 aromatic carbocycles. The van der Waals surface area contributed by atoms with Gasteiger partial charge in [0.05, 0.1) is 6.04 Å². The standard InChI is InChI=1S/C14H27N3O.ClH/c1-11(2)17-7-4-5-12(13(17)18)16-8-6-14(3,9-15)10-16;/h11-12H,4-10,15H2,1-3H3;1H. The molecule has 0 saturated carbocycles. The van der Waals surface area contributed by atoms with Gasteiger partial charge in [-0.15, -0.1) is 12.4 Å². The molecular weight excluding hydrogens is 262 g/mol. The molecule has 2 N–H and O–H groups in total. The second-order valence-corrected chi connectivity index (χ2v) is 6.52. The van der Waals surface area contributed by atoms with E-state index in [9.17, 15) is 4.79 Å². The molecule has 2 saturated heterocycles. The highest BCUT2D eigenvalue weighted by atomic mass is 35.5. The Morgan fingerprint density at radius 1 is 1.42 bits per heavy atom. The molecule has 2 aliphatic heterocycles. The Labute approximate surface area is 123 Å². The zero-order chi connectivity index (χ0) is 13.3. The molecule has 2 fully saturated rings. The number of hydrogen-bond acceptors (Lipinski definition) is 3. The Bertz CT molecular complexity index is 324. The molecule has 112 valence electrons. The second kappa shape index (κ2) is 6.42. The molecule has 1 amide bonds. The molecule has 0 radical (unpaired) electrons. The van der Waals surface area contributed by atoms with Crippen LogP contribution >= 0.6 is 12.4 Å². The van der Waals surface area contributed by atoms with Gasteiger partial charge in [-0.3, -0.25) is 9.69 Å². The van der Waals surface area contributed by atoms with Crippen LogP contribution in [0, 0.1) is 5.41 Å². The first-order valence-electron chi connectivity index (χ1n) is 7.21. The van der Waals surface area contributed by atoms with Crippen LogP contribution in [0.3, 0.4) is 0 Å². The minimum Gasteiger partial charge on any atom is -0.339 e. The van der Waals surface area contributed by atoms with E-state index in [1.807, 2.05) is 4.90 Å². The monoisotopic (exact) mass is 289 g/mol. The number of likely N-dealkylation sites (tertiary alicyclic amines) is 2. The maximum atomic E-state index is 12.5. The molecule has 19 heavy (non-hydrogen) atoms. The third-order valence-corrected chi connectivity index (χ3v) is 4.59. The van der Waals surface area contributed by atoms with E-state index in [4.69, 9.17) is 5.73 Å². The normalized spacial score (nSPS) is 32.8. The average molecular weight is 290 g/mol. The summed E-state index contributed by atoms with van der Waals surface area (Å²) in [7, 11) is 0. The summed E-state index contributed by atoms with van der Waals surface area (Å²) in [6, 6.07) is 0.429. The summed E-state index contributed by atoms with van der Waals surface area (Å²) in [4.78, 5) is 16.9. The fraction of sp³-hybridized carbons (Fsp3) is 0.929. The minimum absolute atomic E-state index is 0. The smallest absolute Gasteiger partial charge is 0.240 e. The summed E-state index contributed by atoms with van der Waals surface area (Å²) in [6.45, 7) is 10.1. The molecule has 0 aromatic rings. The molecule has 0 bridgehead atoms. The van der Waals surface area contributed by atoms with Crippen molar-refractivity contribution in [2.75, 3.05) is 26.2 Å². The highest BCUT2D eigenvalue weighted by molar-refractivity contribution is 5.85. The van der Waals surface area contributed by atoms with Gasteiger partial charge in [0, 0.05) is 19.1 Å². The first kappa shape index (κ1) is 16.7. The van der Waals surface area contributed by atoms with E-state index < -0.39 is 0 Å². The summed E-state index contributed by atoms with van der Waals surface area (Å²) in [5, 5.41) is 0. The van der Waals surface area contributed by atoms with Crippen molar-refractivity contribution in [2.24, 2.45) is 11.1 Å². The Balaban J connectivity index is 0.00000180. The molecule has 2 atom stereocenters. The molecule has 0 spiro atoms. The molecule has 2 aliphatic rings. The lowest BCUT2D eigenvalue weighted by Crippen LogP contribution is -2.54. The van der Waals surface area contributed by atoms with E-state index >= 15 is 0 Å². The largest absolute Gasteiger partial charge is 0.339 e. The van der Waals surface area contributed by atoms with Crippen molar-refractivity contribution in [3.8, 4) is 0 Å². The van der Waals surface area contributed by atoms with Gasteiger partial charge in [0.1, 0.15) is 0 Å². The van der Waals surface area contributed by atoms with Crippen LogP contribution in [0.2, 0.25) is 0 Å². The highest BCUT2D eigenvalue weighted by Gasteiger charge is 2.41. The van der Waals surface area contributed by atoms with Crippen LogP contribution in [0.25, 0.3) is 0 Å². The van der Waals surface area contributed by atoms with Gasteiger partial charge < -0.3 is 10.6 Å². The van der Waals surface area contributed by atoms with Crippen molar-refractivity contribution in [3.63, 3.8) is 0 Å². The number of hydrogen-bond donors (Lipinski definition) is 1. The Morgan fingerprint density at radius 2 is 2.11 bits per heavy atom. The van der Waals surface area contributed by atoms with Crippen LogP contribution in [0.1, 0.15) is 40.0 Å². The van der Waals surface area contributed by atoms with Gasteiger partial charge in [0.25, 0.3) is 0 Å². The zero-order valence-electron chi connectivity index (χ0n) is 12.4. The summed E-state index contributed by atoms with van der Waals surface area (Å²) < 4.78 is 0. The Hall–Kier alpha value is -0.320. The van der Waals surface area contributed by atoms with Gasteiger partial charge >= 0.3 is 0 Å². The van der Waals surface area contributed by atoms with Crippen molar-refractivity contribution in [3.05, 3.63) is 0 Å². The van der Waals surface area contributed by atoms with Crippen molar-refractivity contribution in [1.29, 1.82) is 0 Å². The van der Waals surface area contributed by atoms with Crippen molar-refractivity contribution in [2.45, 2.75) is 52.1 Å². The predicted molar refractivity (Wildman–Crippen MR) is 80.5 cm³/mol. The molecule has 4 nitrogen and oxygen atoms in total. The van der Waals surface area contributed by atoms with E-state index in [-0.39, 0.29) is 23.9 Å². The number of piperidine rings is 1. The van der Waals surface area contributed by atoms with Crippen LogP contribution in [0.15, 0.2) is 0 Å². The lowest BCUT2D eigenvalue weighted by Gasteiger charge is -2.39. The SMILES string of the molecule is CC(C)N1CCCC(N2CCC(C)(CN)C2)C1=O.Cl. The van der Waals surface area contributed by atoms with Crippen molar-refractivity contribution >= 4 is 18.3 Å². The quantitative estimate of drug-likeness (QED) is 0.856. The average Bonchev–Trinajstić information content (AvgIpc) is 2.72. The number of nitrogens with two attached hydrogens (primary N) is 1. The first-order chi connectivity index (χ1) is 8.47. The predicted octanol–water partition coefficient (Wildman–Crippen LogP) is 1.48. The van der Waals surface area contributed by atoms with Gasteiger partial charge in [-0.25, -0.2) is 0 Å². The van der Waals surface area contributed by atoms with Crippen LogP contribution in [-0.4, -0.2) is 54.0 Å². The number of carbonyl (C=O) groups excluding carboxylic acids is 1. The van der Waals surface area contributed by atoms with Gasteiger partial charge in [-0.2, -0.15) is 0 Å². The number of carbonyl (C=O) groups is 1. The first-order valence-corrected chi connectivity index (χ1v) is 7.21. The Kier molecular flexibility index (Phi) is 5.65. The molecule has 0 aromatic heterocycles. The van der Waals surface area contributed by atoms with E-state index in [0.29, 0.717) is 11.9 Å². The second-order valence-electron chi connectivity index (χ2n) is 6.52. The fourth-order valence-electron chi connectivity index (χ4n) is 3.23. The van der Waals surface area contributed by atoms with Crippen LogP contribution in [0.5, 0.6) is 0 Å². The lowest BCUT2D eigenvalue weighted by atomic mass is 9.90. The summed E-state index contributed by atoms with van der Waals surface area (Å²) in [6.07, 6.45) is 3.27. The fourth-order valence-corrected chi connectivity index (χ4v) is 3.23. The third-order valence-electron chi connectivity index (χ3n) is 4.59. The van der Waals surface area contributed by atoms with Gasteiger partial charge in [-0.1, -0.05) is 6.92 Å². The lowest BCUT2D eigenvalue weighted by molar-refractivity contribution is -0.141. The van der Waals surface area contributed by atoms with Crippen LogP contribution in [-0.2, 0) is 4.79 Å². The van der Waals surface area contributed by atoms with Gasteiger partial charge in [-0.05, 0) is 51.6 Å². The van der Waals surface area contributed by atoms with Gasteiger partial charge in [0.2, 0.25) is 5.91 Å². The molecule has 0 aliphatic carbocycles.